The summed E-state index contributed by atoms with van der Waals surface area (Å²) in [7, 11) is -4.11. The van der Waals surface area contributed by atoms with Crippen molar-refractivity contribution in [3.05, 3.63) is 18.3 Å². The van der Waals surface area contributed by atoms with Crippen LogP contribution in [-0.2, 0) is 14.8 Å². The van der Waals surface area contributed by atoms with Gasteiger partial charge in [-0.15, -0.1) is 0 Å². The zero-order valence-corrected chi connectivity index (χ0v) is 12.9. The van der Waals surface area contributed by atoms with E-state index in [-0.39, 0.29) is 17.3 Å². The molecule has 130 valence electrons. The van der Waals surface area contributed by atoms with E-state index in [1.807, 2.05) is 0 Å². The van der Waals surface area contributed by atoms with Crippen molar-refractivity contribution in [1.82, 2.24) is 9.29 Å². The summed E-state index contributed by atoms with van der Waals surface area (Å²) in [5, 5.41) is 8.76. The van der Waals surface area contributed by atoms with Crippen molar-refractivity contribution in [1.29, 1.82) is 0 Å². The number of ether oxygens (including phenoxy) is 1. The molecule has 0 radical (unpaired) electrons. The summed E-state index contributed by atoms with van der Waals surface area (Å²) in [6.07, 6.45) is -3.32. The Morgan fingerprint density at radius 1 is 1.39 bits per heavy atom. The van der Waals surface area contributed by atoms with Gasteiger partial charge in [-0.25, -0.2) is 13.4 Å². The highest BCUT2D eigenvalue weighted by Crippen LogP contribution is 2.20. The third kappa shape index (κ3) is 6.02. The minimum Gasteiger partial charge on any atom is -0.480 e. The lowest BCUT2D eigenvalue weighted by Crippen LogP contribution is -2.36. The summed E-state index contributed by atoms with van der Waals surface area (Å²) in [4.78, 5) is 13.9. The van der Waals surface area contributed by atoms with Crippen LogP contribution in [0, 0.1) is 0 Å². The summed E-state index contributed by atoms with van der Waals surface area (Å²) in [6, 6.07) is 1.99. The molecule has 0 saturated carbocycles. The topological polar surface area (TPSA) is 96.8 Å². The van der Waals surface area contributed by atoms with Gasteiger partial charge in [-0.2, -0.15) is 17.5 Å². The first-order valence-corrected chi connectivity index (χ1v) is 7.88. The molecule has 23 heavy (non-hydrogen) atoms. The lowest BCUT2D eigenvalue weighted by atomic mass is 10.5. The van der Waals surface area contributed by atoms with E-state index in [4.69, 9.17) is 5.11 Å². The molecule has 7 nitrogen and oxygen atoms in total. The van der Waals surface area contributed by atoms with Gasteiger partial charge in [-0.1, -0.05) is 6.92 Å². The number of carboxylic acid groups (broad SMARTS) is 1. The van der Waals surface area contributed by atoms with Crippen LogP contribution in [0.25, 0.3) is 0 Å². The maximum atomic E-state index is 12.3. The molecule has 0 bridgehead atoms. The molecule has 11 heteroatoms. The van der Waals surface area contributed by atoms with Crippen LogP contribution in [0.2, 0.25) is 0 Å². The first kappa shape index (κ1) is 19.2. The van der Waals surface area contributed by atoms with Crippen LogP contribution < -0.4 is 4.74 Å². The molecule has 1 rings (SSSR count). The number of hydrogen-bond donors (Lipinski definition) is 1. The van der Waals surface area contributed by atoms with Crippen LogP contribution in [0.5, 0.6) is 5.88 Å². The second-order valence-corrected chi connectivity index (χ2v) is 6.41. The van der Waals surface area contributed by atoms with Crippen molar-refractivity contribution in [2.45, 2.75) is 24.4 Å². The Bertz CT molecular complexity index is 631. The fraction of sp³-hybridized carbons (Fsp3) is 0.500. The van der Waals surface area contributed by atoms with Crippen molar-refractivity contribution in [2.75, 3.05) is 19.7 Å². The zero-order chi connectivity index (χ0) is 17.7. The Balaban J connectivity index is 2.93. The van der Waals surface area contributed by atoms with Crippen LogP contribution >= 0.6 is 0 Å². The molecule has 1 aromatic heterocycles. The molecule has 0 spiro atoms. The highest BCUT2D eigenvalue weighted by atomic mass is 32.2. The number of pyridine rings is 1. The van der Waals surface area contributed by atoms with Gasteiger partial charge in [0.05, 0.1) is 6.20 Å². The van der Waals surface area contributed by atoms with Gasteiger partial charge in [0.1, 0.15) is 11.4 Å². The van der Waals surface area contributed by atoms with E-state index in [9.17, 15) is 26.4 Å². The van der Waals surface area contributed by atoms with Gasteiger partial charge >= 0.3 is 12.1 Å². The van der Waals surface area contributed by atoms with E-state index in [1.165, 1.54) is 0 Å². The molecule has 1 heterocycles. The molecule has 0 atom stereocenters. The van der Waals surface area contributed by atoms with Crippen molar-refractivity contribution >= 4 is 16.0 Å². The van der Waals surface area contributed by atoms with Gasteiger partial charge < -0.3 is 9.84 Å². The lowest BCUT2D eigenvalue weighted by molar-refractivity contribution is -0.154. The Morgan fingerprint density at radius 3 is 2.48 bits per heavy atom. The second kappa shape index (κ2) is 7.59. The third-order valence-corrected chi connectivity index (χ3v) is 4.34. The minimum atomic E-state index is -4.54. The number of carbonyl (C=O) groups is 1. The SMILES string of the molecule is CCCN(CC(=O)O)S(=O)(=O)c1ccc(OCC(F)(F)F)nc1. The standard InChI is InChI=1S/C12H15F3N2O5S/c1-2-5-17(7-11(18)19)23(20,21)9-3-4-10(16-6-9)22-8-12(13,14)15/h3-4,6H,2,5,7-8H2,1H3,(H,18,19). The first-order valence-electron chi connectivity index (χ1n) is 6.44. The quantitative estimate of drug-likeness (QED) is 0.758. The molecule has 1 aromatic rings. The average Bonchev–Trinajstić information content (AvgIpc) is 2.44. The summed E-state index contributed by atoms with van der Waals surface area (Å²) >= 11 is 0. The van der Waals surface area contributed by atoms with Crippen LogP contribution in [0.15, 0.2) is 23.2 Å². The fourth-order valence-corrected chi connectivity index (χ4v) is 3.02. The van der Waals surface area contributed by atoms with Gasteiger partial charge in [0.15, 0.2) is 6.61 Å². The Labute approximate surface area is 130 Å². The van der Waals surface area contributed by atoms with Gasteiger partial charge in [0.25, 0.3) is 0 Å². The van der Waals surface area contributed by atoms with Gasteiger partial charge in [-0.3, -0.25) is 4.79 Å². The molecule has 0 aliphatic rings. The maximum absolute atomic E-state index is 12.3. The van der Waals surface area contributed by atoms with E-state index >= 15 is 0 Å². The number of sulfonamides is 1. The van der Waals surface area contributed by atoms with E-state index in [1.54, 1.807) is 6.92 Å². The Hall–Kier alpha value is -1.88. The molecule has 0 aliphatic carbocycles. The van der Waals surface area contributed by atoms with Crippen molar-refractivity contribution in [3.63, 3.8) is 0 Å². The molecule has 0 saturated heterocycles. The normalized spacial score (nSPS) is 12.4. The van der Waals surface area contributed by atoms with Crippen LogP contribution in [0.1, 0.15) is 13.3 Å². The van der Waals surface area contributed by atoms with E-state index in [0.29, 0.717) is 6.42 Å². The molecular weight excluding hydrogens is 341 g/mol. The molecule has 0 aromatic carbocycles. The molecule has 0 aliphatic heterocycles. The van der Waals surface area contributed by atoms with Gasteiger partial charge in [0, 0.05) is 12.6 Å². The maximum Gasteiger partial charge on any atom is 0.422 e. The smallest absolute Gasteiger partial charge is 0.422 e. The van der Waals surface area contributed by atoms with Crippen molar-refractivity contribution in [2.24, 2.45) is 0 Å². The molecular formula is C12H15F3N2O5S. The highest BCUT2D eigenvalue weighted by molar-refractivity contribution is 7.89. The molecule has 0 fully saturated rings. The van der Waals surface area contributed by atoms with Crippen molar-refractivity contribution in [3.8, 4) is 5.88 Å². The van der Waals surface area contributed by atoms with Crippen LogP contribution in [-0.4, -0.2) is 54.7 Å². The van der Waals surface area contributed by atoms with Crippen LogP contribution in [0.4, 0.5) is 13.2 Å². The Morgan fingerprint density at radius 2 is 2.04 bits per heavy atom. The zero-order valence-electron chi connectivity index (χ0n) is 12.1. The largest absolute Gasteiger partial charge is 0.480 e. The van der Waals surface area contributed by atoms with E-state index in [2.05, 4.69) is 9.72 Å². The fourth-order valence-electron chi connectivity index (χ4n) is 1.59. The summed E-state index contributed by atoms with van der Waals surface area (Å²) in [5.74, 6) is -1.71. The number of halogens is 3. The van der Waals surface area contributed by atoms with Gasteiger partial charge in [-0.05, 0) is 12.5 Å². The second-order valence-electron chi connectivity index (χ2n) is 4.47. The number of rotatable bonds is 8. The summed E-state index contributed by atoms with van der Waals surface area (Å²) in [5.41, 5.74) is 0. The average molecular weight is 356 g/mol. The number of carboxylic acids is 1. The number of alkyl halides is 3. The molecule has 0 unspecified atom stereocenters. The van der Waals surface area contributed by atoms with Crippen molar-refractivity contribution < 1.29 is 36.2 Å². The highest BCUT2D eigenvalue weighted by Gasteiger charge is 2.29. The molecule has 0 amide bonds. The Kier molecular flexibility index (Phi) is 6.33. The van der Waals surface area contributed by atoms with E-state index < -0.39 is 35.3 Å². The van der Waals surface area contributed by atoms with Gasteiger partial charge in [0.2, 0.25) is 15.9 Å². The number of hydrogen-bond acceptors (Lipinski definition) is 5. The third-order valence-electron chi connectivity index (χ3n) is 2.52. The summed E-state index contributed by atoms with van der Waals surface area (Å²) < 4.78 is 65.7. The predicted octanol–water partition coefficient (Wildman–Crippen LogP) is 1.51. The summed E-state index contributed by atoms with van der Waals surface area (Å²) in [6.45, 7) is -0.604. The first-order chi connectivity index (χ1) is 10.6. The van der Waals surface area contributed by atoms with E-state index in [0.717, 1.165) is 22.6 Å². The molecule has 1 N–H and O–H groups in total. The number of aromatic nitrogens is 1. The minimum absolute atomic E-state index is 0.0129. The number of nitrogens with zero attached hydrogens (tertiary/aromatic N) is 2. The monoisotopic (exact) mass is 356 g/mol. The van der Waals surface area contributed by atoms with Crippen LogP contribution in [0.3, 0.4) is 0 Å². The number of aliphatic carboxylic acids is 1. The lowest BCUT2D eigenvalue weighted by Gasteiger charge is -2.19. The predicted molar refractivity (Wildman–Crippen MR) is 72.5 cm³/mol.